The Kier molecular flexibility index (Phi) is 5.04. The van der Waals surface area contributed by atoms with Gasteiger partial charge in [-0.15, -0.1) is 0 Å². The third-order valence-electron chi connectivity index (χ3n) is 6.97. The van der Waals surface area contributed by atoms with Crippen LogP contribution in [0.1, 0.15) is 55.7 Å². The van der Waals surface area contributed by atoms with Crippen LogP contribution in [0.15, 0.2) is 40.2 Å². The highest BCUT2D eigenvalue weighted by Crippen LogP contribution is 2.63. The highest BCUT2D eigenvalue weighted by Gasteiger charge is 2.53. The van der Waals surface area contributed by atoms with Crippen LogP contribution in [0.4, 0.5) is 20.4 Å². The smallest absolute Gasteiger partial charge is 0.269 e. The zero-order valence-corrected chi connectivity index (χ0v) is 19.1. The average Bonchev–Trinajstić information content (AvgIpc) is 3.41. The lowest BCUT2D eigenvalue weighted by Gasteiger charge is -2.24. The molecule has 0 amide bonds. The Balaban J connectivity index is 1.61. The van der Waals surface area contributed by atoms with Crippen molar-refractivity contribution in [2.24, 2.45) is 5.41 Å². The van der Waals surface area contributed by atoms with Crippen molar-refractivity contribution in [2.75, 3.05) is 11.6 Å². The highest BCUT2D eigenvalue weighted by molar-refractivity contribution is 7.90. The van der Waals surface area contributed by atoms with Crippen LogP contribution < -0.4 is 10.9 Å². The van der Waals surface area contributed by atoms with Crippen molar-refractivity contribution in [3.05, 3.63) is 51.9 Å². The molecule has 0 bridgehead atoms. The Morgan fingerprint density at radius 3 is 2.61 bits per heavy atom. The van der Waals surface area contributed by atoms with E-state index in [9.17, 15) is 22.0 Å². The van der Waals surface area contributed by atoms with E-state index >= 15 is 0 Å². The lowest BCUT2D eigenvalue weighted by Crippen LogP contribution is -2.31. The number of anilines is 2. The number of aromatic nitrogens is 3. The fraction of sp³-hybridized carbons (Fsp3) is 0.435. The molecule has 0 radical (unpaired) electrons. The van der Waals surface area contributed by atoms with Crippen molar-refractivity contribution in [3.8, 4) is 0 Å². The van der Waals surface area contributed by atoms with Crippen LogP contribution in [0, 0.1) is 12.3 Å². The van der Waals surface area contributed by atoms with Gasteiger partial charge in [0.05, 0.1) is 10.5 Å². The molecule has 7 nitrogen and oxygen atoms in total. The Morgan fingerprint density at radius 2 is 1.97 bits per heavy atom. The molecular formula is C23H24F2N4O3S. The molecule has 0 aliphatic heterocycles. The van der Waals surface area contributed by atoms with Gasteiger partial charge in [0.15, 0.2) is 9.84 Å². The molecule has 10 heteroatoms. The number of nitrogens with zero attached hydrogens (tertiary/aromatic N) is 3. The molecule has 174 valence electrons. The van der Waals surface area contributed by atoms with Gasteiger partial charge in [0.25, 0.3) is 12.0 Å². The molecule has 5 rings (SSSR count). The molecule has 1 aromatic carbocycles. The average molecular weight is 475 g/mol. The van der Waals surface area contributed by atoms with E-state index in [0.29, 0.717) is 22.3 Å². The molecule has 1 spiro atoms. The minimum atomic E-state index is -3.34. The molecule has 1 N–H and O–H groups in total. The highest BCUT2D eigenvalue weighted by atomic mass is 32.2. The Labute approximate surface area is 189 Å². The van der Waals surface area contributed by atoms with Crippen LogP contribution >= 0.6 is 0 Å². The van der Waals surface area contributed by atoms with Crippen LogP contribution in [0.25, 0.3) is 11.0 Å². The first-order chi connectivity index (χ1) is 15.6. The second kappa shape index (κ2) is 7.58. The SMILES string of the molecule is Cc1cc(S(C)(=O)=O)ccc1Nc1ncc2cc(C(F)F)c(=O)n(C3CCCC34CC4)c2n1. The van der Waals surface area contributed by atoms with E-state index < -0.39 is 27.4 Å². The maximum Gasteiger partial charge on any atom is 0.269 e. The molecule has 2 aliphatic carbocycles. The second-order valence-corrected chi connectivity index (χ2v) is 11.2. The summed E-state index contributed by atoms with van der Waals surface area (Å²) < 4.78 is 52.4. The maximum absolute atomic E-state index is 13.6. The van der Waals surface area contributed by atoms with Gasteiger partial charge in [0.1, 0.15) is 5.65 Å². The monoisotopic (exact) mass is 474 g/mol. The van der Waals surface area contributed by atoms with Crippen molar-refractivity contribution >= 4 is 32.5 Å². The van der Waals surface area contributed by atoms with Crippen LogP contribution in [-0.2, 0) is 9.84 Å². The summed E-state index contributed by atoms with van der Waals surface area (Å²) in [5.74, 6) is 0.207. The summed E-state index contributed by atoms with van der Waals surface area (Å²) in [5.41, 5.74) is 0.425. The van der Waals surface area contributed by atoms with Crippen molar-refractivity contribution in [1.29, 1.82) is 0 Å². The van der Waals surface area contributed by atoms with Crippen LogP contribution in [0.5, 0.6) is 0 Å². The summed E-state index contributed by atoms with van der Waals surface area (Å²) in [6, 6.07) is 5.71. The van der Waals surface area contributed by atoms with Gasteiger partial charge in [-0.25, -0.2) is 22.2 Å². The van der Waals surface area contributed by atoms with Gasteiger partial charge in [-0.05, 0) is 67.9 Å². The standard InChI is InChI=1S/C23H24F2N4O3S/c1-13-10-15(33(2,31)32)5-6-17(13)27-22-26-12-14-11-16(19(24)25)21(30)29(20(14)28-22)18-4-3-7-23(18)8-9-23/h5-6,10-12,18-19H,3-4,7-9H2,1-2H3,(H,26,27,28). The summed E-state index contributed by atoms with van der Waals surface area (Å²) in [4.78, 5) is 22.2. The summed E-state index contributed by atoms with van der Waals surface area (Å²) in [6.07, 6.45) is 4.41. The Bertz CT molecular complexity index is 1430. The molecular weight excluding hydrogens is 450 g/mol. The first-order valence-electron chi connectivity index (χ1n) is 10.9. The molecule has 2 heterocycles. The van der Waals surface area contributed by atoms with Gasteiger partial charge in [-0.1, -0.05) is 6.42 Å². The maximum atomic E-state index is 13.6. The topological polar surface area (TPSA) is 94.0 Å². The van der Waals surface area contributed by atoms with E-state index in [1.54, 1.807) is 19.1 Å². The number of aryl methyl sites for hydroxylation is 1. The zero-order valence-electron chi connectivity index (χ0n) is 18.3. The molecule has 0 saturated heterocycles. The fourth-order valence-corrected chi connectivity index (χ4v) is 5.75. The van der Waals surface area contributed by atoms with Gasteiger partial charge in [-0.2, -0.15) is 4.98 Å². The number of rotatable bonds is 5. The quantitative estimate of drug-likeness (QED) is 0.577. The minimum absolute atomic E-state index is 0.00804. The third kappa shape index (κ3) is 3.80. The Hall–Kier alpha value is -2.88. The number of fused-ring (bicyclic) bond motifs is 1. The van der Waals surface area contributed by atoms with Crippen LogP contribution in [0.2, 0.25) is 0 Å². The number of benzene rings is 1. The first-order valence-corrected chi connectivity index (χ1v) is 12.8. The molecule has 1 unspecified atom stereocenters. The third-order valence-corrected chi connectivity index (χ3v) is 8.08. The number of nitrogens with one attached hydrogen (secondary N) is 1. The van der Waals surface area contributed by atoms with Gasteiger partial charge in [0, 0.05) is 29.6 Å². The molecule has 1 atom stereocenters. The number of sulfone groups is 1. The molecule has 2 aromatic heterocycles. The number of hydrogen-bond donors (Lipinski definition) is 1. The lowest BCUT2D eigenvalue weighted by atomic mass is 9.99. The minimum Gasteiger partial charge on any atom is -0.324 e. The molecule has 33 heavy (non-hydrogen) atoms. The Morgan fingerprint density at radius 1 is 1.21 bits per heavy atom. The zero-order chi connectivity index (χ0) is 23.5. The molecule has 3 aromatic rings. The predicted octanol–water partition coefficient (Wildman–Crippen LogP) is 4.69. The van der Waals surface area contributed by atoms with Crippen LogP contribution in [0.3, 0.4) is 0 Å². The molecule has 2 fully saturated rings. The number of alkyl halides is 2. The normalized spacial score (nSPS) is 19.5. The van der Waals surface area contributed by atoms with Gasteiger partial charge < -0.3 is 5.32 Å². The summed E-state index contributed by atoms with van der Waals surface area (Å²) in [5, 5.41) is 3.46. The van der Waals surface area contributed by atoms with E-state index in [4.69, 9.17) is 0 Å². The summed E-state index contributed by atoms with van der Waals surface area (Å²) in [7, 11) is -3.34. The van der Waals surface area contributed by atoms with E-state index in [1.165, 1.54) is 22.9 Å². The van der Waals surface area contributed by atoms with Crippen LogP contribution in [-0.4, -0.2) is 29.2 Å². The van der Waals surface area contributed by atoms with Gasteiger partial charge >= 0.3 is 0 Å². The molecule has 2 saturated carbocycles. The van der Waals surface area contributed by atoms with Gasteiger partial charge in [-0.3, -0.25) is 9.36 Å². The van der Waals surface area contributed by atoms with E-state index in [1.807, 2.05) is 0 Å². The van der Waals surface area contributed by atoms with E-state index in [2.05, 4.69) is 15.3 Å². The summed E-state index contributed by atoms with van der Waals surface area (Å²) >= 11 is 0. The number of hydrogen-bond acceptors (Lipinski definition) is 6. The second-order valence-electron chi connectivity index (χ2n) is 9.19. The van der Waals surface area contributed by atoms with E-state index in [-0.39, 0.29) is 22.3 Å². The van der Waals surface area contributed by atoms with Gasteiger partial charge in [0.2, 0.25) is 5.95 Å². The fourth-order valence-electron chi connectivity index (χ4n) is 5.04. The number of halogens is 2. The lowest BCUT2D eigenvalue weighted by molar-refractivity contribution is 0.148. The molecule has 2 aliphatic rings. The summed E-state index contributed by atoms with van der Waals surface area (Å²) in [6.45, 7) is 1.76. The predicted molar refractivity (Wildman–Crippen MR) is 121 cm³/mol. The number of pyridine rings is 1. The van der Waals surface area contributed by atoms with Crippen molar-refractivity contribution in [1.82, 2.24) is 14.5 Å². The first kappa shape index (κ1) is 21.9. The van der Waals surface area contributed by atoms with Crippen molar-refractivity contribution in [3.63, 3.8) is 0 Å². The largest absolute Gasteiger partial charge is 0.324 e. The van der Waals surface area contributed by atoms with Crippen molar-refractivity contribution in [2.45, 2.75) is 56.4 Å². The van der Waals surface area contributed by atoms with Crippen molar-refractivity contribution < 1.29 is 17.2 Å². The van der Waals surface area contributed by atoms with E-state index in [0.717, 1.165) is 38.4 Å².